The minimum Gasteiger partial charge on any atom is -0.369 e. The number of rotatable bonds is 8. The van der Waals surface area contributed by atoms with Crippen LogP contribution in [0.3, 0.4) is 0 Å². The summed E-state index contributed by atoms with van der Waals surface area (Å²) in [6.45, 7) is 3.55. The zero-order valence-electron chi connectivity index (χ0n) is 12.7. The molecular weight excluding hydrogens is 321 g/mol. The van der Waals surface area contributed by atoms with Crippen LogP contribution >= 0.6 is 23.2 Å². The number of amides is 1. The number of benzene rings is 1. The quantitative estimate of drug-likeness (QED) is 0.448. The molecule has 1 aromatic carbocycles. The van der Waals surface area contributed by atoms with Gasteiger partial charge in [0.25, 0.3) is 0 Å². The number of hydrogen-bond donors (Lipinski definition) is 1. The van der Waals surface area contributed by atoms with Crippen molar-refractivity contribution in [3.05, 3.63) is 29.3 Å². The van der Waals surface area contributed by atoms with Gasteiger partial charge in [-0.3, -0.25) is 4.79 Å². The number of halogens is 2. The van der Waals surface area contributed by atoms with Crippen LogP contribution in [0.15, 0.2) is 23.3 Å². The van der Waals surface area contributed by atoms with Crippen molar-refractivity contribution in [1.82, 2.24) is 5.43 Å². The van der Waals surface area contributed by atoms with E-state index in [1.165, 1.54) is 0 Å². The summed E-state index contributed by atoms with van der Waals surface area (Å²) in [5.74, 6) is 1.31. The van der Waals surface area contributed by atoms with Gasteiger partial charge >= 0.3 is 0 Å². The van der Waals surface area contributed by atoms with Gasteiger partial charge in [0, 0.05) is 36.5 Å². The van der Waals surface area contributed by atoms with Crippen molar-refractivity contribution in [1.29, 1.82) is 0 Å². The van der Waals surface area contributed by atoms with E-state index in [2.05, 4.69) is 21.5 Å². The molecule has 0 radical (unpaired) electrons. The fourth-order valence-corrected chi connectivity index (χ4v) is 2.59. The van der Waals surface area contributed by atoms with Crippen LogP contribution in [0.5, 0.6) is 0 Å². The Bertz CT molecular complexity index is 538. The molecule has 4 nitrogen and oxygen atoms in total. The Balaban J connectivity index is 2.01. The highest BCUT2D eigenvalue weighted by molar-refractivity contribution is 6.18. The van der Waals surface area contributed by atoms with Crippen molar-refractivity contribution in [2.45, 2.75) is 19.8 Å². The third-order valence-electron chi connectivity index (χ3n) is 3.65. The van der Waals surface area contributed by atoms with Gasteiger partial charge in [0.15, 0.2) is 0 Å². The van der Waals surface area contributed by atoms with Crippen molar-refractivity contribution in [2.24, 2.45) is 11.0 Å². The molecule has 0 aromatic heterocycles. The first-order valence-corrected chi connectivity index (χ1v) is 8.53. The zero-order valence-corrected chi connectivity index (χ0v) is 14.2. The molecule has 1 amide bonds. The monoisotopic (exact) mass is 341 g/mol. The molecule has 1 fully saturated rings. The van der Waals surface area contributed by atoms with Crippen molar-refractivity contribution in [2.75, 3.05) is 29.7 Å². The number of alkyl halides is 2. The first kappa shape index (κ1) is 17.1. The van der Waals surface area contributed by atoms with E-state index in [1.807, 2.05) is 19.1 Å². The van der Waals surface area contributed by atoms with Gasteiger partial charge in [0.2, 0.25) is 5.91 Å². The standard InChI is InChI=1S/C16H21Cl2N3O/c1-12-10-15(21(8-6-17)9-7-18)5-4-14(12)11-19-20-16(22)13-2-3-13/h4-5,10-11,13H,2-3,6-9H2,1H3,(H,20,22). The number of carbonyl (C=O) groups excluding carboxylic acids is 1. The molecule has 1 aliphatic carbocycles. The number of nitrogens with zero attached hydrogens (tertiary/aromatic N) is 2. The second-order valence-corrected chi connectivity index (χ2v) is 6.17. The van der Waals surface area contributed by atoms with Crippen molar-refractivity contribution in [3.63, 3.8) is 0 Å². The third-order valence-corrected chi connectivity index (χ3v) is 3.99. The number of aryl methyl sites for hydroxylation is 1. The summed E-state index contributed by atoms with van der Waals surface area (Å²) in [6.07, 6.45) is 3.64. The van der Waals surface area contributed by atoms with E-state index < -0.39 is 0 Å². The van der Waals surface area contributed by atoms with Gasteiger partial charge in [-0.1, -0.05) is 6.07 Å². The van der Waals surface area contributed by atoms with Crippen molar-refractivity contribution >= 4 is 41.0 Å². The summed E-state index contributed by atoms with van der Waals surface area (Å²) in [5.41, 5.74) is 5.76. The van der Waals surface area contributed by atoms with Crippen LogP contribution in [0.1, 0.15) is 24.0 Å². The molecule has 0 atom stereocenters. The molecule has 1 saturated carbocycles. The van der Waals surface area contributed by atoms with Crippen LogP contribution in [-0.2, 0) is 4.79 Å². The molecular formula is C16H21Cl2N3O. The maximum absolute atomic E-state index is 11.5. The van der Waals surface area contributed by atoms with Gasteiger partial charge in [0.1, 0.15) is 0 Å². The average molecular weight is 342 g/mol. The van der Waals surface area contributed by atoms with Gasteiger partial charge in [-0.05, 0) is 43.0 Å². The smallest absolute Gasteiger partial charge is 0.243 e. The minimum absolute atomic E-state index is 0.0147. The molecule has 1 aliphatic rings. The molecule has 0 bridgehead atoms. The van der Waals surface area contributed by atoms with E-state index >= 15 is 0 Å². The average Bonchev–Trinajstić information content (AvgIpc) is 3.33. The number of hydrogen-bond acceptors (Lipinski definition) is 3. The Kier molecular flexibility index (Phi) is 6.52. The number of anilines is 1. The summed E-state index contributed by atoms with van der Waals surface area (Å²) in [5, 5.41) is 4.03. The van der Waals surface area contributed by atoms with E-state index in [1.54, 1.807) is 6.21 Å². The summed E-state index contributed by atoms with van der Waals surface area (Å²) in [7, 11) is 0. The largest absolute Gasteiger partial charge is 0.369 e. The van der Waals surface area contributed by atoms with Gasteiger partial charge in [0.05, 0.1) is 6.21 Å². The summed E-state index contributed by atoms with van der Waals surface area (Å²) in [4.78, 5) is 13.7. The molecule has 0 aliphatic heterocycles. The maximum Gasteiger partial charge on any atom is 0.243 e. The lowest BCUT2D eigenvalue weighted by Gasteiger charge is -2.23. The van der Waals surface area contributed by atoms with E-state index in [9.17, 15) is 4.79 Å². The normalized spacial score (nSPS) is 14.3. The molecule has 0 spiro atoms. The second kappa shape index (κ2) is 8.39. The highest BCUT2D eigenvalue weighted by atomic mass is 35.5. The van der Waals surface area contributed by atoms with E-state index in [-0.39, 0.29) is 11.8 Å². The second-order valence-electron chi connectivity index (χ2n) is 5.41. The van der Waals surface area contributed by atoms with Crippen molar-refractivity contribution in [3.8, 4) is 0 Å². The molecule has 0 saturated heterocycles. The lowest BCUT2D eigenvalue weighted by Crippen LogP contribution is -2.27. The van der Waals surface area contributed by atoms with Crippen LogP contribution in [-0.4, -0.2) is 37.0 Å². The molecule has 0 heterocycles. The van der Waals surface area contributed by atoms with Gasteiger partial charge in [-0.2, -0.15) is 5.10 Å². The SMILES string of the molecule is Cc1cc(N(CCCl)CCCl)ccc1C=NNC(=O)C1CC1. The van der Waals surface area contributed by atoms with Crippen molar-refractivity contribution < 1.29 is 4.79 Å². The molecule has 0 unspecified atom stereocenters. The number of carbonyl (C=O) groups is 1. The molecule has 120 valence electrons. The highest BCUT2D eigenvalue weighted by Crippen LogP contribution is 2.28. The lowest BCUT2D eigenvalue weighted by atomic mass is 10.1. The first-order valence-electron chi connectivity index (χ1n) is 7.46. The Morgan fingerprint density at radius 3 is 2.59 bits per heavy atom. The predicted octanol–water partition coefficient (Wildman–Crippen LogP) is 3.14. The van der Waals surface area contributed by atoms with Crippen LogP contribution < -0.4 is 10.3 Å². The molecule has 6 heteroatoms. The topological polar surface area (TPSA) is 44.7 Å². The van der Waals surface area contributed by atoms with Gasteiger partial charge < -0.3 is 4.90 Å². The minimum atomic E-state index is 0.0147. The first-order chi connectivity index (χ1) is 10.7. The summed E-state index contributed by atoms with van der Waals surface area (Å²) >= 11 is 11.7. The Labute approximate surface area is 141 Å². The number of hydrazone groups is 1. The maximum atomic E-state index is 11.5. The van der Waals surface area contributed by atoms with Gasteiger partial charge in [-0.25, -0.2) is 5.43 Å². The summed E-state index contributed by atoms with van der Waals surface area (Å²) < 4.78 is 0. The fourth-order valence-electron chi connectivity index (χ4n) is 2.18. The summed E-state index contributed by atoms with van der Waals surface area (Å²) in [6, 6.07) is 6.10. The van der Waals surface area contributed by atoms with Crippen LogP contribution in [0.4, 0.5) is 5.69 Å². The van der Waals surface area contributed by atoms with Gasteiger partial charge in [-0.15, -0.1) is 23.2 Å². The Morgan fingerprint density at radius 1 is 1.36 bits per heavy atom. The Hall–Kier alpha value is -1.26. The molecule has 1 N–H and O–H groups in total. The lowest BCUT2D eigenvalue weighted by molar-refractivity contribution is -0.122. The third kappa shape index (κ3) is 4.89. The van der Waals surface area contributed by atoms with E-state index in [0.29, 0.717) is 11.8 Å². The predicted molar refractivity (Wildman–Crippen MR) is 93.3 cm³/mol. The molecule has 22 heavy (non-hydrogen) atoms. The highest BCUT2D eigenvalue weighted by Gasteiger charge is 2.29. The fraction of sp³-hybridized carbons (Fsp3) is 0.500. The van der Waals surface area contributed by atoms with E-state index in [4.69, 9.17) is 23.2 Å². The van der Waals surface area contributed by atoms with E-state index in [0.717, 1.165) is 42.7 Å². The zero-order chi connectivity index (χ0) is 15.9. The molecule has 2 rings (SSSR count). The molecule has 1 aromatic rings. The van der Waals surface area contributed by atoms with Crippen LogP contribution in [0.2, 0.25) is 0 Å². The Morgan fingerprint density at radius 2 is 2.05 bits per heavy atom. The number of nitrogens with one attached hydrogen (secondary N) is 1. The van der Waals surface area contributed by atoms with Crippen LogP contribution in [0.25, 0.3) is 0 Å². The van der Waals surface area contributed by atoms with Crippen LogP contribution in [0, 0.1) is 12.8 Å².